The van der Waals surface area contributed by atoms with Crippen molar-refractivity contribution in [3.63, 3.8) is 0 Å². The van der Waals surface area contributed by atoms with E-state index in [0.717, 1.165) is 12.1 Å². The second-order valence-electron chi connectivity index (χ2n) is 9.94. The molecule has 2 saturated carbocycles. The third-order valence-corrected chi connectivity index (χ3v) is 18.1. The number of allylic oxidation sites excluding steroid dienone is 4. The van der Waals surface area contributed by atoms with Crippen molar-refractivity contribution in [3.05, 3.63) is 53.5 Å². The Bertz CT molecular complexity index is 1630. The number of halogens is 12. The van der Waals surface area contributed by atoms with Crippen molar-refractivity contribution in [3.8, 4) is 0 Å². The highest BCUT2D eigenvalue weighted by Gasteiger charge is 2.92. The monoisotopic (exact) mass is 793 g/mol. The number of hydrogen-bond acceptors (Lipinski definition) is 4. The van der Waals surface area contributed by atoms with Crippen LogP contribution in [0.3, 0.4) is 0 Å². The lowest BCUT2D eigenvalue weighted by Crippen LogP contribution is -2.53. The van der Waals surface area contributed by atoms with E-state index in [1.807, 2.05) is 0 Å². The Morgan fingerprint density at radius 2 is 1.03 bits per heavy atom. The first-order chi connectivity index (χ1) is 17.5. The zero-order chi connectivity index (χ0) is 29.4. The molecular weight excluding hydrogens is 792 g/mol. The first-order valence-electron chi connectivity index (χ1n) is 10.5. The summed E-state index contributed by atoms with van der Waals surface area (Å²) < 4.78 is 30.1. The van der Waals surface area contributed by atoms with Gasteiger partial charge in [-0.15, -0.1) is 46.4 Å². The summed E-state index contributed by atoms with van der Waals surface area (Å²) in [4.78, 5) is 1.87. The van der Waals surface area contributed by atoms with E-state index < -0.39 is 77.5 Å². The summed E-state index contributed by atoms with van der Waals surface area (Å²) >= 11 is 82.5. The second kappa shape index (κ2) is 8.20. The number of fused-ring (bicyclic) bond motifs is 14. The Hall–Kier alpha value is 1.49. The minimum atomic E-state index is -5.17. The fourth-order valence-electron chi connectivity index (χ4n) is 7.26. The van der Waals surface area contributed by atoms with E-state index in [0.29, 0.717) is 0 Å². The van der Waals surface area contributed by atoms with E-state index in [1.165, 1.54) is 0 Å². The molecule has 19 heteroatoms. The van der Waals surface area contributed by atoms with E-state index in [1.54, 1.807) is 0 Å². The lowest BCUT2D eigenvalue weighted by Gasteiger charge is -2.52. The first-order valence-corrected chi connectivity index (χ1v) is 16.4. The fourth-order valence-corrected chi connectivity index (χ4v) is 14.0. The Labute approximate surface area is 280 Å². The molecule has 1 N–H and O–H groups in total. The van der Waals surface area contributed by atoms with Gasteiger partial charge in [0.2, 0.25) is 0 Å². The van der Waals surface area contributed by atoms with Crippen LogP contribution >= 0.6 is 139 Å². The molecule has 0 heterocycles. The largest absolute Gasteiger partial charge is 0.301 e. The Balaban J connectivity index is 1.84. The van der Waals surface area contributed by atoms with Crippen LogP contribution in [0.25, 0.3) is 0 Å². The number of hydrogen-bond donors (Lipinski definition) is 1. The van der Waals surface area contributed by atoms with Gasteiger partial charge in [0.25, 0.3) is 5.69 Å². The molecule has 5 aliphatic rings. The van der Waals surface area contributed by atoms with Gasteiger partial charge in [0.15, 0.2) is 13.6 Å². The molecule has 6 nitrogen and oxygen atoms in total. The second-order valence-corrected chi connectivity index (χ2v) is 17.9. The minimum absolute atomic E-state index is 0.0115. The molecule has 0 radical (unpaired) electrons. The van der Waals surface area contributed by atoms with Crippen LogP contribution in [-0.2, 0) is 10.1 Å². The summed E-state index contributed by atoms with van der Waals surface area (Å²) in [7, 11) is -5.17. The van der Waals surface area contributed by atoms with E-state index in [2.05, 4.69) is 0 Å². The van der Waals surface area contributed by atoms with Gasteiger partial charge in [0, 0.05) is 29.7 Å². The highest BCUT2D eigenvalue weighted by molar-refractivity contribution is 7.86. The summed E-state index contributed by atoms with van der Waals surface area (Å²) in [5, 5.41) is 11.1. The third-order valence-electron chi connectivity index (χ3n) is 8.68. The van der Waals surface area contributed by atoms with Gasteiger partial charge >= 0.3 is 10.1 Å². The maximum atomic E-state index is 12.3. The molecule has 0 aliphatic heterocycles. The lowest BCUT2D eigenvalue weighted by molar-refractivity contribution is -0.388. The van der Waals surface area contributed by atoms with Crippen molar-refractivity contribution in [1.29, 1.82) is 0 Å². The molecule has 4 bridgehead atoms. The van der Waals surface area contributed by atoms with E-state index in [-0.39, 0.29) is 31.3 Å². The van der Waals surface area contributed by atoms with Crippen molar-refractivity contribution in [2.45, 2.75) is 44.9 Å². The van der Waals surface area contributed by atoms with Crippen LogP contribution in [-0.4, -0.2) is 46.1 Å². The quantitative estimate of drug-likeness (QED) is 0.140. The van der Waals surface area contributed by atoms with Crippen LogP contribution in [0.1, 0.15) is 23.0 Å². The Morgan fingerprint density at radius 3 is 1.36 bits per heavy atom. The smallest absolute Gasteiger partial charge is 0.282 e. The molecule has 39 heavy (non-hydrogen) atoms. The highest BCUT2D eigenvalue weighted by Crippen LogP contribution is 2.88. The molecule has 8 unspecified atom stereocenters. The summed E-state index contributed by atoms with van der Waals surface area (Å²) in [6.45, 7) is 0. The number of alkyl halides is 8. The minimum Gasteiger partial charge on any atom is -0.282 e. The predicted octanol–water partition coefficient (Wildman–Crippen LogP) is 8.95. The molecule has 2 fully saturated rings. The molecule has 0 spiro atoms. The van der Waals surface area contributed by atoms with Gasteiger partial charge in [-0.05, 0) is 17.2 Å². The third kappa shape index (κ3) is 2.85. The Kier molecular flexibility index (Phi) is 6.41. The van der Waals surface area contributed by atoms with Gasteiger partial charge in [-0.25, -0.2) is 0 Å². The fraction of sp³-hybridized carbons (Fsp3) is 0.500. The van der Waals surface area contributed by atoms with Crippen LogP contribution < -0.4 is 0 Å². The number of nitro benzene ring substituents is 1. The van der Waals surface area contributed by atoms with Crippen LogP contribution in [0.4, 0.5) is 5.69 Å². The molecule has 212 valence electrons. The maximum Gasteiger partial charge on any atom is 0.301 e. The first kappa shape index (κ1) is 30.5. The Morgan fingerprint density at radius 1 is 0.692 bits per heavy atom. The molecule has 6 rings (SSSR count). The molecule has 8 atom stereocenters. The average Bonchev–Trinajstić information content (AvgIpc) is 3.16. The number of nitrogens with zero attached hydrogens (tertiary/aromatic N) is 1. The van der Waals surface area contributed by atoms with Crippen molar-refractivity contribution in [2.24, 2.45) is 11.8 Å². The molecule has 1 aromatic carbocycles. The number of nitro groups is 1. The van der Waals surface area contributed by atoms with Crippen LogP contribution in [0.15, 0.2) is 37.2 Å². The molecular formula is C20H7Cl12NO5S. The van der Waals surface area contributed by atoms with Gasteiger partial charge in [-0.3, -0.25) is 14.7 Å². The summed E-state index contributed by atoms with van der Waals surface area (Å²) in [6, 6.07) is 1.76. The van der Waals surface area contributed by atoms with Gasteiger partial charge in [0.1, 0.15) is 19.5 Å². The van der Waals surface area contributed by atoms with E-state index in [4.69, 9.17) is 139 Å². The predicted molar refractivity (Wildman–Crippen MR) is 156 cm³/mol. The summed E-state index contributed by atoms with van der Waals surface area (Å²) in [5.74, 6) is -4.76. The summed E-state index contributed by atoms with van der Waals surface area (Å²) in [5.41, 5.74) is -0.984. The van der Waals surface area contributed by atoms with Crippen LogP contribution in [0, 0.1) is 22.0 Å². The van der Waals surface area contributed by atoms with Crippen LogP contribution in [0.2, 0.25) is 0 Å². The number of rotatable bonds is 2. The van der Waals surface area contributed by atoms with Crippen molar-refractivity contribution >= 4 is 155 Å². The number of benzene rings is 1. The highest BCUT2D eigenvalue weighted by atomic mass is 35.5. The standard InChI is InChI=1S/C20H7Cl12NO5S/c21-11-13(23)17(27)9-7(15(11,25)19(17,29)30)3-1-5(33(34)35)6(39(36,37)38)2-4(3)8-10(9)18(28)14(24)12(22)16(8,26)20(18,31)32/h1-2,7-10H,(H,36,37,38). The van der Waals surface area contributed by atoms with Crippen LogP contribution in [0.5, 0.6) is 0 Å². The molecule has 0 aromatic heterocycles. The van der Waals surface area contributed by atoms with Crippen molar-refractivity contribution < 1.29 is 17.9 Å². The molecule has 0 saturated heterocycles. The van der Waals surface area contributed by atoms with Gasteiger partial charge in [-0.1, -0.05) is 92.8 Å². The zero-order valence-corrected chi connectivity index (χ0v) is 27.8. The zero-order valence-electron chi connectivity index (χ0n) is 17.9. The SMILES string of the molecule is O=[N+]([O-])c1cc2c(cc1S(=O)(=O)O)C1C(C3C2C2(Cl)C(Cl)=C(Cl)C3(Cl)C2(Cl)Cl)C2(Cl)C(Cl)=C(Cl)C1(Cl)C2(Cl)Cl. The van der Waals surface area contributed by atoms with Gasteiger partial charge < -0.3 is 0 Å². The maximum absolute atomic E-state index is 12.3. The van der Waals surface area contributed by atoms with Crippen molar-refractivity contribution in [2.75, 3.05) is 0 Å². The van der Waals surface area contributed by atoms with Gasteiger partial charge in [0.05, 0.1) is 25.1 Å². The average molecular weight is 799 g/mol. The van der Waals surface area contributed by atoms with E-state index >= 15 is 0 Å². The molecule has 1 aromatic rings. The lowest BCUT2D eigenvalue weighted by atomic mass is 9.57. The summed E-state index contributed by atoms with van der Waals surface area (Å²) in [6.07, 6.45) is 0. The molecule has 5 aliphatic carbocycles. The van der Waals surface area contributed by atoms with E-state index in [9.17, 15) is 23.1 Å². The van der Waals surface area contributed by atoms with Crippen molar-refractivity contribution in [1.82, 2.24) is 0 Å². The topological polar surface area (TPSA) is 97.5 Å². The van der Waals surface area contributed by atoms with Gasteiger partial charge in [-0.2, -0.15) is 8.42 Å². The normalized spacial score (nSPS) is 44.5. The molecule has 0 amide bonds.